The van der Waals surface area contributed by atoms with Crippen LogP contribution in [-0.4, -0.2) is 54.3 Å². The summed E-state index contributed by atoms with van der Waals surface area (Å²) in [6.45, 7) is 0.488. The molecule has 3 fully saturated rings. The monoisotopic (exact) mass is 436 g/mol. The topological polar surface area (TPSA) is 157 Å². The predicted molar refractivity (Wildman–Crippen MR) is 109 cm³/mol. The van der Waals surface area contributed by atoms with E-state index in [1.807, 2.05) is 0 Å². The number of hydrogen-bond acceptors (Lipinski definition) is 6. The largest absolute Gasteiger partial charge is 0.436 e. The smallest absolute Gasteiger partial charge is 0.405 e. The van der Waals surface area contributed by atoms with Gasteiger partial charge in [-0.2, -0.15) is 0 Å². The Kier molecular flexibility index (Phi) is 7.86. The summed E-state index contributed by atoms with van der Waals surface area (Å²) in [6.07, 6.45) is 5.37. The van der Waals surface area contributed by atoms with Gasteiger partial charge in [-0.3, -0.25) is 19.2 Å². The number of Topliss-reactive ketones (excluding diaryl/α,β-unsaturated/α-hetero) is 1. The first kappa shape index (κ1) is 23.0. The number of ether oxygens (including phenoxy) is 1. The molecule has 0 aromatic heterocycles. The van der Waals surface area contributed by atoms with Gasteiger partial charge in [0.05, 0.1) is 6.04 Å². The number of primary amides is 1. The van der Waals surface area contributed by atoms with E-state index in [1.54, 1.807) is 0 Å². The SMILES string of the molecule is NC(=O)O[C@@H](CC1CCCCC1)C(=O)N[C@@H](C[C@@H]1CCNC1=O)C(=O)C(=O)NC1CC1. The van der Waals surface area contributed by atoms with Crippen LogP contribution in [0, 0.1) is 11.8 Å². The minimum Gasteiger partial charge on any atom is -0.436 e. The highest BCUT2D eigenvalue weighted by molar-refractivity contribution is 6.38. The molecule has 0 unspecified atom stereocenters. The van der Waals surface area contributed by atoms with Gasteiger partial charge in [0.1, 0.15) is 0 Å². The lowest BCUT2D eigenvalue weighted by Gasteiger charge is -2.27. The zero-order chi connectivity index (χ0) is 22.4. The summed E-state index contributed by atoms with van der Waals surface area (Å²) in [7, 11) is 0. The van der Waals surface area contributed by atoms with E-state index in [0.29, 0.717) is 19.4 Å². The van der Waals surface area contributed by atoms with E-state index in [0.717, 1.165) is 44.9 Å². The molecule has 0 spiro atoms. The average molecular weight is 437 g/mol. The molecule has 172 valence electrons. The van der Waals surface area contributed by atoms with E-state index in [2.05, 4.69) is 16.0 Å². The van der Waals surface area contributed by atoms with Gasteiger partial charge in [-0.05, 0) is 38.0 Å². The second-order valence-corrected chi connectivity index (χ2v) is 8.85. The van der Waals surface area contributed by atoms with Crippen LogP contribution in [0.4, 0.5) is 4.79 Å². The lowest BCUT2D eigenvalue weighted by molar-refractivity contribution is -0.142. The molecule has 3 rings (SSSR count). The zero-order valence-electron chi connectivity index (χ0n) is 17.7. The van der Waals surface area contributed by atoms with Crippen molar-refractivity contribution in [3.05, 3.63) is 0 Å². The van der Waals surface area contributed by atoms with Crippen molar-refractivity contribution in [2.45, 2.75) is 82.4 Å². The second kappa shape index (κ2) is 10.6. The third-order valence-electron chi connectivity index (χ3n) is 6.28. The van der Waals surface area contributed by atoms with Crippen LogP contribution in [0.3, 0.4) is 0 Å². The number of nitrogens with two attached hydrogens (primary N) is 1. The van der Waals surface area contributed by atoms with E-state index in [4.69, 9.17) is 10.5 Å². The van der Waals surface area contributed by atoms with Gasteiger partial charge in [0.15, 0.2) is 6.10 Å². The third-order valence-corrected chi connectivity index (χ3v) is 6.28. The van der Waals surface area contributed by atoms with Crippen molar-refractivity contribution >= 4 is 29.6 Å². The van der Waals surface area contributed by atoms with Crippen LogP contribution in [-0.2, 0) is 23.9 Å². The maximum Gasteiger partial charge on any atom is 0.405 e. The molecule has 31 heavy (non-hydrogen) atoms. The lowest BCUT2D eigenvalue weighted by Crippen LogP contribution is -2.52. The minimum absolute atomic E-state index is 0.0141. The molecule has 0 aromatic rings. The van der Waals surface area contributed by atoms with Crippen molar-refractivity contribution in [3.8, 4) is 0 Å². The molecule has 2 saturated carbocycles. The molecule has 1 saturated heterocycles. The van der Waals surface area contributed by atoms with Crippen molar-refractivity contribution in [2.75, 3.05) is 6.54 Å². The molecule has 3 aliphatic rings. The summed E-state index contributed by atoms with van der Waals surface area (Å²) in [4.78, 5) is 61.4. The van der Waals surface area contributed by atoms with Crippen LogP contribution in [0.1, 0.15) is 64.2 Å². The van der Waals surface area contributed by atoms with Crippen LogP contribution >= 0.6 is 0 Å². The van der Waals surface area contributed by atoms with Gasteiger partial charge >= 0.3 is 6.09 Å². The molecule has 5 N–H and O–H groups in total. The summed E-state index contributed by atoms with van der Waals surface area (Å²) in [5, 5.41) is 7.89. The first-order valence-electron chi connectivity index (χ1n) is 11.2. The van der Waals surface area contributed by atoms with Gasteiger partial charge in [0, 0.05) is 18.5 Å². The summed E-state index contributed by atoms with van der Waals surface area (Å²) in [5.41, 5.74) is 5.16. The van der Waals surface area contributed by atoms with E-state index < -0.39 is 41.8 Å². The lowest BCUT2D eigenvalue weighted by atomic mass is 9.85. The van der Waals surface area contributed by atoms with Crippen molar-refractivity contribution in [1.82, 2.24) is 16.0 Å². The third kappa shape index (κ3) is 6.93. The molecular weight excluding hydrogens is 404 g/mol. The van der Waals surface area contributed by atoms with Gasteiger partial charge in [-0.25, -0.2) is 4.79 Å². The Bertz CT molecular complexity index is 717. The number of rotatable bonds is 10. The molecule has 0 radical (unpaired) electrons. The number of amides is 4. The Hall–Kier alpha value is -2.65. The zero-order valence-corrected chi connectivity index (χ0v) is 17.7. The van der Waals surface area contributed by atoms with Crippen molar-refractivity contribution in [3.63, 3.8) is 0 Å². The van der Waals surface area contributed by atoms with Gasteiger partial charge in [-0.1, -0.05) is 32.1 Å². The normalized spacial score (nSPS) is 23.4. The summed E-state index contributed by atoms with van der Waals surface area (Å²) in [6, 6.07) is -1.19. The highest BCUT2D eigenvalue weighted by Crippen LogP contribution is 2.28. The number of nitrogens with one attached hydrogen (secondary N) is 3. The fourth-order valence-electron chi connectivity index (χ4n) is 4.37. The maximum atomic E-state index is 13.0. The summed E-state index contributed by atoms with van der Waals surface area (Å²) < 4.78 is 5.06. The Balaban J connectivity index is 1.68. The molecule has 1 aliphatic heterocycles. The Morgan fingerprint density at radius 1 is 1.03 bits per heavy atom. The molecule has 1 heterocycles. The van der Waals surface area contributed by atoms with E-state index >= 15 is 0 Å². The highest BCUT2D eigenvalue weighted by Gasteiger charge is 2.37. The van der Waals surface area contributed by atoms with Gasteiger partial charge in [-0.15, -0.1) is 0 Å². The minimum atomic E-state index is -1.18. The molecule has 0 aromatic carbocycles. The summed E-state index contributed by atoms with van der Waals surface area (Å²) in [5.74, 6) is -2.70. The average Bonchev–Trinajstić information content (AvgIpc) is 3.46. The van der Waals surface area contributed by atoms with Crippen molar-refractivity contribution in [1.29, 1.82) is 0 Å². The highest BCUT2D eigenvalue weighted by atomic mass is 16.6. The molecule has 10 nitrogen and oxygen atoms in total. The first-order valence-corrected chi connectivity index (χ1v) is 11.2. The molecular formula is C21H32N4O6. The predicted octanol–water partition coefficient (Wildman–Crippen LogP) is 0.279. The first-order chi connectivity index (χ1) is 14.8. The van der Waals surface area contributed by atoms with Crippen molar-refractivity contribution in [2.24, 2.45) is 17.6 Å². The van der Waals surface area contributed by atoms with Crippen LogP contribution in [0.25, 0.3) is 0 Å². The quantitative estimate of drug-likeness (QED) is 0.360. The number of carbonyl (C=O) groups excluding carboxylic acids is 5. The molecule has 10 heteroatoms. The fourth-order valence-corrected chi connectivity index (χ4v) is 4.37. The molecule has 0 bridgehead atoms. The van der Waals surface area contributed by atoms with Crippen LogP contribution in [0.2, 0.25) is 0 Å². The number of ketones is 1. The summed E-state index contributed by atoms with van der Waals surface area (Å²) >= 11 is 0. The van der Waals surface area contributed by atoms with Crippen LogP contribution < -0.4 is 21.7 Å². The molecule has 2 aliphatic carbocycles. The Morgan fingerprint density at radius 3 is 2.32 bits per heavy atom. The fraction of sp³-hybridized carbons (Fsp3) is 0.762. The second-order valence-electron chi connectivity index (χ2n) is 8.85. The Morgan fingerprint density at radius 2 is 1.74 bits per heavy atom. The van der Waals surface area contributed by atoms with E-state index in [-0.39, 0.29) is 24.3 Å². The Labute approximate surface area is 181 Å². The maximum absolute atomic E-state index is 13.0. The molecule has 4 amide bonds. The van der Waals surface area contributed by atoms with E-state index in [1.165, 1.54) is 0 Å². The van der Waals surface area contributed by atoms with Crippen LogP contribution in [0.5, 0.6) is 0 Å². The molecule has 3 atom stereocenters. The van der Waals surface area contributed by atoms with E-state index in [9.17, 15) is 24.0 Å². The van der Waals surface area contributed by atoms with Crippen LogP contribution in [0.15, 0.2) is 0 Å². The van der Waals surface area contributed by atoms with Gasteiger partial charge in [0.25, 0.3) is 11.8 Å². The van der Waals surface area contributed by atoms with Crippen molar-refractivity contribution < 1.29 is 28.7 Å². The number of hydrogen-bond donors (Lipinski definition) is 4. The standard InChI is InChI=1S/C21H32N4O6/c22-21(30)31-16(10-12-4-2-1-3-5-12)19(28)25-15(11-13-8-9-23-18(13)27)17(26)20(29)24-14-6-7-14/h12-16H,1-11H2,(H2,22,30)(H,23,27)(H,24,29)(H,25,28)/t13-,15-,16-/m0/s1. The number of carbonyl (C=O) groups is 5. The van der Waals surface area contributed by atoms with Gasteiger partial charge < -0.3 is 26.4 Å². The van der Waals surface area contributed by atoms with Gasteiger partial charge in [0.2, 0.25) is 11.7 Å².